The van der Waals surface area contributed by atoms with E-state index in [4.69, 9.17) is 16.0 Å². The molecule has 0 aliphatic heterocycles. The van der Waals surface area contributed by atoms with Gasteiger partial charge in [0.1, 0.15) is 17.1 Å². The number of alkyl halides is 4. The number of nitrogens with zero attached hydrogens (tertiary/aromatic N) is 4. The van der Waals surface area contributed by atoms with Gasteiger partial charge in [0.2, 0.25) is 0 Å². The summed E-state index contributed by atoms with van der Waals surface area (Å²) in [7, 11) is 0. The van der Waals surface area contributed by atoms with Crippen LogP contribution in [0.4, 0.5) is 23.2 Å². The van der Waals surface area contributed by atoms with Crippen molar-refractivity contribution in [1.29, 1.82) is 0 Å². The monoisotopic (exact) mass is 509 g/mol. The zero-order valence-electron chi connectivity index (χ0n) is 18.6. The van der Waals surface area contributed by atoms with Gasteiger partial charge in [0.25, 0.3) is 18.8 Å². The number of amides is 1. The van der Waals surface area contributed by atoms with Crippen LogP contribution in [0, 0.1) is 13.8 Å². The van der Waals surface area contributed by atoms with Crippen LogP contribution in [-0.2, 0) is 13.1 Å². The van der Waals surface area contributed by atoms with Gasteiger partial charge in [-0.3, -0.25) is 14.2 Å². The second kappa shape index (κ2) is 9.95. The Labute approximate surface area is 202 Å². The summed E-state index contributed by atoms with van der Waals surface area (Å²) in [5, 5.41) is 11.4. The molecular weight excluding hydrogens is 490 g/mol. The van der Waals surface area contributed by atoms with Crippen molar-refractivity contribution in [2.24, 2.45) is 0 Å². The SMILES string of the molecule is Cc1nn(Cc2ccc(Cl)cc2)c(C)c1NC(=O)c1ccc(Cn2nc(C(F)F)cc2C(F)F)o1. The first-order valence-corrected chi connectivity index (χ1v) is 10.8. The van der Waals surface area contributed by atoms with Crippen LogP contribution in [0.5, 0.6) is 0 Å². The number of anilines is 1. The number of benzene rings is 1. The fourth-order valence-electron chi connectivity index (χ4n) is 3.56. The number of aromatic nitrogens is 4. The maximum atomic E-state index is 13.2. The minimum Gasteiger partial charge on any atom is -0.454 e. The van der Waals surface area contributed by atoms with Crippen molar-refractivity contribution in [1.82, 2.24) is 19.6 Å². The lowest BCUT2D eigenvalue weighted by atomic mass is 10.2. The van der Waals surface area contributed by atoms with E-state index < -0.39 is 30.1 Å². The van der Waals surface area contributed by atoms with Gasteiger partial charge >= 0.3 is 0 Å². The van der Waals surface area contributed by atoms with Crippen LogP contribution < -0.4 is 5.32 Å². The lowest BCUT2D eigenvalue weighted by Gasteiger charge is -2.07. The molecule has 0 aliphatic rings. The average Bonchev–Trinajstić information content (AvgIpc) is 3.51. The Hall–Kier alpha value is -3.60. The van der Waals surface area contributed by atoms with Gasteiger partial charge in [0.05, 0.1) is 30.2 Å². The molecule has 0 radical (unpaired) electrons. The number of nitrogens with one attached hydrogen (secondary N) is 1. The summed E-state index contributed by atoms with van der Waals surface area (Å²) in [6.45, 7) is 3.69. The zero-order chi connectivity index (χ0) is 25.3. The molecule has 4 rings (SSSR count). The maximum absolute atomic E-state index is 13.2. The summed E-state index contributed by atoms with van der Waals surface area (Å²) < 4.78 is 60.1. The van der Waals surface area contributed by atoms with E-state index in [0.717, 1.165) is 15.9 Å². The zero-order valence-corrected chi connectivity index (χ0v) is 19.4. The summed E-state index contributed by atoms with van der Waals surface area (Å²) in [6.07, 6.45) is -5.98. The molecule has 0 aliphatic carbocycles. The molecule has 1 amide bonds. The minimum absolute atomic E-state index is 0.0795. The van der Waals surface area contributed by atoms with E-state index in [1.807, 2.05) is 19.1 Å². The smallest absolute Gasteiger partial charge is 0.291 e. The van der Waals surface area contributed by atoms with Crippen LogP contribution in [0.15, 0.2) is 46.9 Å². The van der Waals surface area contributed by atoms with E-state index in [-0.39, 0.29) is 18.1 Å². The van der Waals surface area contributed by atoms with Crippen molar-refractivity contribution in [2.75, 3.05) is 5.32 Å². The van der Waals surface area contributed by atoms with Crippen molar-refractivity contribution in [2.45, 2.75) is 39.8 Å². The fourth-order valence-corrected chi connectivity index (χ4v) is 3.69. The van der Waals surface area contributed by atoms with Crippen molar-refractivity contribution in [3.05, 3.63) is 87.3 Å². The molecule has 4 aromatic rings. The Kier molecular flexibility index (Phi) is 6.97. The standard InChI is InChI=1S/C23H20ClF4N5O2/c1-12-20(13(2)32(30-12)10-14-3-5-15(24)6-4-14)29-23(34)19-8-7-16(35-19)11-33-18(22(27)28)9-17(31-33)21(25)26/h3-9,21-22H,10-11H2,1-2H3,(H,29,34). The predicted octanol–water partition coefficient (Wildman–Crippen LogP) is 6.17. The second-order valence-electron chi connectivity index (χ2n) is 7.80. The minimum atomic E-state index is -3.00. The topological polar surface area (TPSA) is 77.9 Å². The molecule has 1 N–H and O–H groups in total. The number of carbonyl (C=O) groups excluding carboxylic acids is 1. The van der Waals surface area contributed by atoms with Gasteiger partial charge in [-0.15, -0.1) is 0 Å². The first kappa shape index (κ1) is 24.5. The number of furan rings is 1. The van der Waals surface area contributed by atoms with Crippen LogP contribution in [0.3, 0.4) is 0 Å². The van der Waals surface area contributed by atoms with Crippen molar-refractivity contribution in [3.63, 3.8) is 0 Å². The van der Waals surface area contributed by atoms with Gasteiger partial charge in [0, 0.05) is 5.02 Å². The summed E-state index contributed by atoms with van der Waals surface area (Å²) in [5.74, 6) is -0.548. The molecule has 7 nitrogen and oxygen atoms in total. The number of rotatable bonds is 8. The van der Waals surface area contributed by atoms with Crippen LogP contribution in [0.25, 0.3) is 0 Å². The predicted molar refractivity (Wildman–Crippen MR) is 120 cm³/mol. The van der Waals surface area contributed by atoms with E-state index >= 15 is 0 Å². The molecule has 0 saturated carbocycles. The van der Waals surface area contributed by atoms with E-state index in [2.05, 4.69) is 15.5 Å². The van der Waals surface area contributed by atoms with Crippen LogP contribution in [0.1, 0.15) is 57.5 Å². The lowest BCUT2D eigenvalue weighted by Crippen LogP contribution is -2.13. The molecular formula is C23H20ClF4N5O2. The molecule has 0 spiro atoms. The number of hydrogen-bond acceptors (Lipinski definition) is 4. The van der Waals surface area contributed by atoms with Crippen molar-refractivity contribution >= 4 is 23.2 Å². The summed E-state index contributed by atoms with van der Waals surface area (Å²) >= 11 is 5.93. The molecule has 184 valence electrons. The van der Waals surface area contributed by atoms with Crippen molar-refractivity contribution < 1.29 is 26.8 Å². The highest BCUT2D eigenvalue weighted by Gasteiger charge is 2.23. The highest BCUT2D eigenvalue weighted by Crippen LogP contribution is 2.26. The molecule has 0 atom stereocenters. The third-order valence-corrected chi connectivity index (χ3v) is 5.59. The molecule has 12 heteroatoms. The largest absolute Gasteiger partial charge is 0.454 e. The first-order valence-electron chi connectivity index (χ1n) is 10.4. The fraction of sp³-hybridized carbons (Fsp3) is 0.261. The average molecular weight is 510 g/mol. The van der Waals surface area contributed by atoms with Gasteiger partial charge in [-0.25, -0.2) is 17.6 Å². The van der Waals surface area contributed by atoms with Gasteiger partial charge in [-0.1, -0.05) is 23.7 Å². The van der Waals surface area contributed by atoms with Gasteiger partial charge in [-0.05, 0) is 49.7 Å². The molecule has 0 unspecified atom stereocenters. The molecule has 1 aromatic carbocycles. The molecule has 0 saturated heterocycles. The summed E-state index contributed by atoms with van der Waals surface area (Å²) in [5.41, 5.74) is 1.37. The lowest BCUT2D eigenvalue weighted by molar-refractivity contribution is 0.0993. The molecule has 35 heavy (non-hydrogen) atoms. The van der Waals surface area contributed by atoms with Gasteiger partial charge in [-0.2, -0.15) is 10.2 Å². The first-order chi connectivity index (χ1) is 16.6. The Morgan fingerprint density at radius 2 is 1.71 bits per heavy atom. The van der Waals surface area contributed by atoms with E-state index in [0.29, 0.717) is 29.0 Å². The van der Waals surface area contributed by atoms with Crippen LogP contribution >= 0.6 is 11.6 Å². The Morgan fingerprint density at radius 3 is 2.37 bits per heavy atom. The van der Waals surface area contributed by atoms with E-state index in [9.17, 15) is 22.4 Å². The van der Waals surface area contributed by atoms with E-state index in [1.54, 1.807) is 23.7 Å². The third kappa shape index (κ3) is 5.40. The molecule has 3 heterocycles. The molecule has 0 fully saturated rings. The van der Waals surface area contributed by atoms with Crippen molar-refractivity contribution in [3.8, 4) is 0 Å². The third-order valence-electron chi connectivity index (χ3n) is 5.33. The highest BCUT2D eigenvalue weighted by atomic mass is 35.5. The summed E-state index contributed by atoms with van der Waals surface area (Å²) in [6, 6.07) is 10.7. The van der Waals surface area contributed by atoms with Gasteiger partial charge in [0.15, 0.2) is 5.76 Å². The Morgan fingerprint density at radius 1 is 1.00 bits per heavy atom. The van der Waals surface area contributed by atoms with Crippen LogP contribution in [-0.4, -0.2) is 25.5 Å². The maximum Gasteiger partial charge on any atom is 0.291 e. The van der Waals surface area contributed by atoms with Gasteiger partial charge < -0.3 is 9.73 Å². The number of carbonyl (C=O) groups is 1. The Bertz CT molecular complexity index is 1340. The molecule has 3 aromatic heterocycles. The van der Waals surface area contributed by atoms with E-state index in [1.165, 1.54) is 12.1 Å². The number of aryl methyl sites for hydroxylation is 1. The second-order valence-corrected chi connectivity index (χ2v) is 8.24. The highest BCUT2D eigenvalue weighted by molar-refractivity contribution is 6.30. The molecule has 0 bridgehead atoms. The number of halogens is 5. The van der Waals surface area contributed by atoms with Crippen LogP contribution in [0.2, 0.25) is 5.02 Å². The Balaban J connectivity index is 1.48. The summed E-state index contributed by atoms with van der Waals surface area (Å²) in [4.78, 5) is 12.8. The quantitative estimate of drug-likeness (QED) is 0.288. The number of hydrogen-bond donors (Lipinski definition) is 1. The normalized spacial score (nSPS) is 11.6.